The molecular formula is C13H25NO3S. The molecule has 4 nitrogen and oxygen atoms in total. The minimum atomic E-state index is -0.873. The van der Waals surface area contributed by atoms with Crippen molar-refractivity contribution < 1.29 is 14.7 Å². The first-order valence-electron chi connectivity index (χ1n) is 6.31. The molecule has 0 saturated heterocycles. The summed E-state index contributed by atoms with van der Waals surface area (Å²) >= 11 is 1.56. The number of rotatable bonds is 7. The van der Waals surface area contributed by atoms with Gasteiger partial charge in [0.2, 0.25) is 5.91 Å². The molecule has 0 radical (unpaired) electrons. The van der Waals surface area contributed by atoms with Gasteiger partial charge in [0.25, 0.3) is 0 Å². The van der Waals surface area contributed by atoms with Gasteiger partial charge in [-0.25, -0.2) is 0 Å². The van der Waals surface area contributed by atoms with E-state index in [1.165, 1.54) is 0 Å². The van der Waals surface area contributed by atoms with Crippen LogP contribution >= 0.6 is 11.8 Å². The zero-order valence-electron chi connectivity index (χ0n) is 12.0. The quantitative estimate of drug-likeness (QED) is 0.749. The Bertz CT molecular complexity index is 293. The summed E-state index contributed by atoms with van der Waals surface area (Å²) in [4.78, 5) is 22.8. The predicted molar refractivity (Wildman–Crippen MR) is 75.9 cm³/mol. The van der Waals surface area contributed by atoms with Crippen molar-refractivity contribution >= 4 is 23.6 Å². The first-order chi connectivity index (χ1) is 8.14. The van der Waals surface area contributed by atoms with Gasteiger partial charge < -0.3 is 10.4 Å². The Morgan fingerprint density at radius 3 is 2.00 bits per heavy atom. The van der Waals surface area contributed by atoms with Crippen molar-refractivity contribution in [3.63, 3.8) is 0 Å². The van der Waals surface area contributed by atoms with Gasteiger partial charge in [-0.3, -0.25) is 9.59 Å². The van der Waals surface area contributed by atoms with Gasteiger partial charge in [-0.2, -0.15) is 0 Å². The number of aliphatic carboxylic acids is 1. The third-order valence-corrected chi connectivity index (χ3v) is 4.16. The van der Waals surface area contributed by atoms with E-state index in [0.29, 0.717) is 18.6 Å². The van der Waals surface area contributed by atoms with Crippen molar-refractivity contribution in [3.8, 4) is 0 Å². The highest BCUT2D eigenvalue weighted by atomic mass is 32.2. The highest BCUT2D eigenvalue weighted by Crippen LogP contribution is 2.24. The Morgan fingerprint density at radius 1 is 1.17 bits per heavy atom. The molecule has 0 rings (SSSR count). The lowest BCUT2D eigenvalue weighted by atomic mass is 9.89. The van der Waals surface area contributed by atoms with Crippen molar-refractivity contribution in [2.24, 2.45) is 0 Å². The Morgan fingerprint density at radius 2 is 1.67 bits per heavy atom. The molecule has 0 aliphatic rings. The summed E-state index contributed by atoms with van der Waals surface area (Å²) in [5.74, 6) is -0.590. The Labute approximate surface area is 114 Å². The van der Waals surface area contributed by atoms with Crippen LogP contribution in [-0.2, 0) is 9.59 Å². The van der Waals surface area contributed by atoms with Gasteiger partial charge in [0.05, 0.1) is 12.2 Å². The largest absolute Gasteiger partial charge is 0.481 e. The lowest BCUT2D eigenvalue weighted by molar-refractivity contribution is -0.139. The van der Waals surface area contributed by atoms with Crippen LogP contribution in [0.1, 0.15) is 53.9 Å². The van der Waals surface area contributed by atoms with Gasteiger partial charge >= 0.3 is 5.97 Å². The van der Waals surface area contributed by atoms with Crippen molar-refractivity contribution in [1.29, 1.82) is 0 Å². The van der Waals surface area contributed by atoms with E-state index >= 15 is 0 Å². The minimum absolute atomic E-state index is 0.0219. The smallest absolute Gasteiger partial charge is 0.305 e. The number of carboxylic acids is 1. The normalized spacial score (nSPS) is 12.3. The zero-order valence-corrected chi connectivity index (χ0v) is 12.8. The van der Waals surface area contributed by atoms with E-state index in [9.17, 15) is 9.59 Å². The van der Waals surface area contributed by atoms with Crippen LogP contribution in [0, 0.1) is 0 Å². The van der Waals surface area contributed by atoms with E-state index in [-0.39, 0.29) is 17.1 Å². The number of carboxylic acid groups (broad SMARTS) is 1. The standard InChI is InChI=1S/C13H25NO3S/c1-6-13(7-2,8-11(16)17)14-10(15)9-18-12(3,4)5/h6-9H2,1-5H3,(H,14,15)(H,16,17). The van der Waals surface area contributed by atoms with E-state index < -0.39 is 11.5 Å². The molecule has 2 N–H and O–H groups in total. The molecule has 0 aliphatic heterocycles. The van der Waals surface area contributed by atoms with Gasteiger partial charge in [-0.1, -0.05) is 34.6 Å². The average Bonchev–Trinajstić information content (AvgIpc) is 2.24. The molecule has 5 heteroatoms. The number of hydrogen-bond acceptors (Lipinski definition) is 3. The summed E-state index contributed by atoms with van der Waals surface area (Å²) in [6.07, 6.45) is 1.23. The molecular weight excluding hydrogens is 250 g/mol. The fourth-order valence-electron chi connectivity index (χ4n) is 1.62. The van der Waals surface area contributed by atoms with Gasteiger partial charge in [-0.05, 0) is 12.8 Å². The van der Waals surface area contributed by atoms with Gasteiger partial charge in [0.15, 0.2) is 0 Å². The lowest BCUT2D eigenvalue weighted by Gasteiger charge is -2.31. The second-order valence-corrected chi connectivity index (χ2v) is 7.31. The Kier molecular flexibility index (Phi) is 6.74. The van der Waals surface area contributed by atoms with E-state index in [1.54, 1.807) is 11.8 Å². The number of carbonyl (C=O) groups excluding carboxylic acids is 1. The highest BCUT2D eigenvalue weighted by Gasteiger charge is 2.31. The monoisotopic (exact) mass is 275 g/mol. The van der Waals surface area contributed by atoms with Crippen LogP contribution in [0.4, 0.5) is 0 Å². The fraction of sp³-hybridized carbons (Fsp3) is 0.846. The molecule has 0 spiro atoms. The summed E-state index contributed by atoms with van der Waals surface area (Å²) in [6, 6.07) is 0. The molecule has 0 heterocycles. The topological polar surface area (TPSA) is 66.4 Å². The molecule has 0 fully saturated rings. The third-order valence-electron chi connectivity index (χ3n) is 2.88. The summed E-state index contributed by atoms with van der Waals surface area (Å²) in [5.41, 5.74) is -0.610. The number of hydrogen-bond donors (Lipinski definition) is 2. The molecule has 0 aromatic carbocycles. The maximum Gasteiger partial charge on any atom is 0.305 e. The minimum Gasteiger partial charge on any atom is -0.481 e. The predicted octanol–water partition coefficient (Wildman–Crippen LogP) is 2.67. The molecule has 0 saturated carbocycles. The van der Waals surface area contributed by atoms with Crippen molar-refractivity contribution in [1.82, 2.24) is 5.32 Å². The van der Waals surface area contributed by atoms with Crippen LogP contribution in [0.15, 0.2) is 0 Å². The third kappa shape index (κ3) is 6.89. The van der Waals surface area contributed by atoms with Crippen LogP contribution in [0.25, 0.3) is 0 Å². The number of nitrogens with one attached hydrogen (secondary N) is 1. The Balaban J connectivity index is 4.49. The van der Waals surface area contributed by atoms with Crippen LogP contribution in [0.5, 0.6) is 0 Å². The van der Waals surface area contributed by atoms with Crippen LogP contribution in [0.3, 0.4) is 0 Å². The van der Waals surface area contributed by atoms with E-state index in [2.05, 4.69) is 26.1 Å². The van der Waals surface area contributed by atoms with Crippen LogP contribution < -0.4 is 5.32 Å². The molecule has 0 aromatic heterocycles. The molecule has 0 bridgehead atoms. The summed E-state index contributed by atoms with van der Waals surface area (Å²) in [5, 5.41) is 11.8. The molecule has 1 amide bonds. The van der Waals surface area contributed by atoms with Gasteiger partial charge in [0, 0.05) is 10.3 Å². The van der Waals surface area contributed by atoms with E-state index in [1.807, 2.05) is 13.8 Å². The number of carbonyl (C=O) groups is 2. The molecule has 0 atom stereocenters. The highest BCUT2D eigenvalue weighted by molar-refractivity contribution is 8.01. The number of amides is 1. The van der Waals surface area contributed by atoms with Crippen molar-refractivity contribution in [2.45, 2.75) is 64.2 Å². The van der Waals surface area contributed by atoms with Crippen molar-refractivity contribution in [2.75, 3.05) is 5.75 Å². The number of thioether (sulfide) groups is 1. The molecule has 0 aromatic rings. The molecule has 0 unspecified atom stereocenters. The maximum absolute atomic E-state index is 11.9. The first kappa shape index (κ1) is 17.3. The average molecular weight is 275 g/mol. The maximum atomic E-state index is 11.9. The zero-order chi connectivity index (χ0) is 14.4. The Hall–Kier alpha value is -0.710. The second kappa shape index (κ2) is 7.02. The van der Waals surface area contributed by atoms with Crippen molar-refractivity contribution in [3.05, 3.63) is 0 Å². The fourth-order valence-corrected chi connectivity index (χ4v) is 2.26. The molecule has 106 valence electrons. The van der Waals surface area contributed by atoms with E-state index in [0.717, 1.165) is 0 Å². The van der Waals surface area contributed by atoms with E-state index in [4.69, 9.17) is 5.11 Å². The summed E-state index contributed by atoms with van der Waals surface area (Å²) < 4.78 is 0.0330. The van der Waals surface area contributed by atoms with Crippen LogP contribution in [-0.4, -0.2) is 33.0 Å². The first-order valence-corrected chi connectivity index (χ1v) is 7.29. The van der Waals surface area contributed by atoms with Gasteiger partial charge in [0.1, 0.15) is 0 Å². The molecule has 0 aliphatic carbocycles. The SMILES string of the molecule is CCC(CC)(CC(=O)O)NC(=O)CSC(C)(C)C. The molecule has 18 heavy (non-hydrogen) atoms. The lowest BCUT2D eigenvalue weighted by Crippen LogP contribution is -2.49. The van der Waals surface area contributed by atoms with Crippen LogP contribution in [0.2, 0.25) is 0 Å². The van der Waals surface area contributed by atoms with Gasteiger partial charge in [-0.15, -0.1) is 11.8 Å². The summed E-state index contributed by atoms with van der Waals surface area (Å²) in [6.45, 7) is 9.96. The summed E-state index contributed by atoms with van der Waals surface area (Å²) in [7, 11) is 0. The second-order valence-electron chi connectivity index (χ2n) is 5.51.